The van der Waals surface area contributed by atoms with Gasteiger partial charge in [0.25, 0.3) is 0 Å². The van der Waals surface area contributed by atoms with Gasteiger partial charge in [0, 0.05) is 76.1 Å². The van der Waals surface area contributed by atoms with E-state index >= 15 is 8.78 Å². The fraction of sp³-hybridized carbons (Fsp3) is 0.286. The molecule has 0 aliphatic heterocycles. The van der Waals surface area contributed by atoms with Gasteiger partial charge in [-0.05, 0) is 168 Å². The van der Waals surface area contributed by atoms with E-state index in [0.29, 0.717) is 62.7 Å². The number of rotatable bonds is 10. The molecule has 0 amide bonds. The number of hydrogen-bond acceptors (Lipinski definition) is 4. The number of fused-ring (bicyclic) bond motifs is 6. The predicted molar refractivity (Wildman–Crippen MR) is 324 cm³/mol. The zero-order valence-electron chi connectivity index (χ0n) is 49.0. The van der Waals surface area contributed by atoms with Gasteiger partial charge >= 0.3 is 0 Å². The third-order valence-corrected chi connectivity index (χ3v) is 15.1. The van der Waals surface area contributed by atoms with Crippen molar-refractivity contribution in [1.82, 2.24) is 9.13 Å². The summed E-state index contributed by atoms with van der Waals surface area (Å²) in [4.78, 5) is 0. The molecule has 8 aromatic carbocycles. The number of benzene rings is 8. The van der Waals surface area contributed by atoms with Crippen LogP contribution in [0.2, 0.25) is 0 Å². The number of phenolic OH excluding ortho intramolecular Hbond substituents is 2. The molecule has 79 heavy (non-hydrogen) atoms. The number of nitrogens with zero attached hydrogens (tertiary/aromatic N) is 2. The minimum Gasteiger partial charge on any atom is -0.505 e. The van der Waals surface area contributed by atoms with Gasteiger partial charge in [-0.25, -0.2) is 8.78 Å². The van der Waals surface area contributed by atoms with Crippen LogP contribution in [0.25, 0.3) is 77.2 Å². The van der Waals surface area contributed by atoms with Gasteiger partial charge in [-0.1, -0.05) is 111 Å². The van der Waals surface area contributed by atoms with E-state index in [9.17, 15) is 10.2 Å². The number of aromatic hydroxyl groups is 2. The third kappa shape index (κ3) is 11.1. The summed E-state index contributed by atoms with van der Waals surface area (Å²) in [5, 5.41) is 29.4. The first kappa shape index (κ1) is 59.9. The van der Waals surface area contributed by atoms with Crippen molar-refractivity contribution < 1.29 is 54.3 Å². The van der Waals surface area contributed by atoms with Crippen LogP contribution in [0.4, 0.5) is 8.78 Å². The molecule has 0 aliphatic rings. The van der Waals surface area contributed by atoms with E-state index in [-0.39, 0.29) is 81.7 Å². The molecular weight excluding hydrogens is 1150 g/mol. The molecule has 0 saturated carbocycles. The van der Waals surface area contributed by atoms with Gasteiger partial charge in [0.1, 0.15) is 34.6 Å². The first-order chi connectivity index (χ1) is 35.8. The molecule has 0 spiro atoms. The minimum absolute atomic E-state index is 0. The fourth-order valence-corrected chi connectivity index (χ4v) is 11.0. The average Bonchev–Trinajstić information content (AvgIpc) is 4.12. The maximum atomic E-state index is 15.7. The first-order valence-corrected chi connectivity index (χ1v) is 26.5. The summed E-state index contributed by atoms with van der Waals surface area (Å²) in [5.41, 5.74) is 14.0. The number of aryl methyl sites for hydroxylation is 5. The Bertz CT molecular complexity index is 3900. The molecule has 0 radical (unpaired) electrons. The molecule has 6 nitrogen and oxygen atoms in total. The fourth-order valence-electron chi connectivity index (χ4n) is 11.0. The van der Waals surface area contributed by atoms with Gasteiger partial charge in [-0.3, -0.25) is 0 Å². The van der Waals surface area contributed by atoms with Gasteiger partial charge in [0.05, 0.1) is 46.7 Å². The molecule has 0 bridgehead atoms. The van der Waals surface area contributed by atoms with Crippen LogP contribution in [0.3, 0.4) is 0 Å². The molecule has 0 fully saturated rings. The van der Waals surface area contributed by atoms with Gasteiger partial charge in [-0.2, -0.15) is 0 Å². The second-order valence-electron chi connectivity index (χ2n) is 24.2. The second-order valence-corrected chi connectivity index (χ2v) is 24.2. The molecular formula is C70H76F2HfN2O4-2. The average molecular weight is 1230 g/mol. The zero-order valence-corrected chi connectivity index (χ0v) is 52.6. The van der Waals surface area contributed by atoms with Gasteiger partial charge in [-0.15, -0.1) is 0 Å². The summed E-state index contributed by atoms with van der Waals surface area (Å²) in [7, 11) is 0. The smallest absolute Gasteiger partial charge is 0.147 e. The van der Waals surface area contributed by atoms with Gasteiger partial charge in [0.15, 0.2) is 0 Å². The summed E-state index contributed by atoms with van der Waals surface area (Å²) in [6.07, 6.45) is 0.410. The van der Waals surface area contributed by atoms with Gasteiger partial charge < -0.3 is 43.7 Å². The van der Waals surface area contributed by atoms with Crippen molar-refractivity contribution in [3.63, 3.8) is 0 Å². The van der Waals surface area contributed by atoms with Crippen molar-refractivity contribution in [3.05, 3.63) is 192 Å². The zero-order chi connectivity index (χ0) is 54.5. The minimum atomic E-state index is -0.447. The van der Waals surface area contributed by atoms with Crippen molar-refractivity contribution in [2.45, 2.75) is 120 Å². The van der Waals surface area contributed by atoms with Crippen molar-refractivity contribution in [2.75, 3.05) is 13.2 Å². The summed E-state index contributed by atoms with van der Waals surface area (Å²) in [5.74, 6) is 0.0243. The molecule has 0 saturated heterocycles. The maximum Gasteiger partial charge on any atom is 0.147 e. The molecule has 2 heterocycles. The molecule has 10 rings (SSSR count). The van der Waals surface area contributed by atoms with E-state index in [4.69, 9.17) is 9.47 Å². The Balaban J connectivity index is 0.00000301. The van der Waals surface area contributed by atoms with Crippen LogP contribution in [0.15, 0.2) is 121 Å². The Labute approximate surface area is 485 Å². The number of aromatic nitrogens is 2. The monoisotopic (exact) mass is 1230 g/mol. The van der Waals surface area contributed by atoms with Crippen molar-refractivity contribution in [2.24, 2.45) is 0 Å². The topological polar surface area (TPSA) is 68.8 Å². The van der Waals surface area contributed by atoms with Crippen LogP contribution in [0.5, 0.6) is 23.0 Å². The Kier molecular flexibility index (Phi) is 16.8. The molecule has 0 aliphatic carbocycles. The van der Waals surface area contributed by atoms with Crippen LogP contribution in [0, 0.1) is 61.1 Å². The largest absolute Gasteiger partial charge is 0.505 e. The van der Waals surface area contributed by atoms with Crippen LogP contribution in [-0.2, 0) is 42.1 Å². The van der Waals surface area contributed by atoms with Crippen molar-refractivity contribution >= 4 is 43.6 Å². The van der Waals surface area contributed by atoms with Crippen LogP contribution in [-0.4, -0.2) is 32.6 Å². The number of ether oxygens (including phenoxy) is 2. The normalized spacial score (nSPS) is 12.0. The summed E-state index contributed by atoms with van der Waals surface area (Å²) in [6.45, 7) is 29.8. The summed E-state index contributed by atoms with van der Waals surface area (Å²) >= 11 is 0. The van der Waals surface area contributed by atoms with E-state index in [1.54, 1.807) is 6.92 Å². The van der Waals surface area contributed by atoms with E-state index < -0.39 is 11.6 Å². The van der Waals surface area contributed by atoms with Crippen LogP contribution >= 0.6 is 0 Å². The van der Waals surface area contributed by atoms with E-state index in [1.165, 1.54) is 41.0 Å². The number of hydrogen-bond donors (Lipinski definition) is 2. The van der Waals surface area contributed by atoms with Crippen molar-refractivity contribution in [1.29, 1.82) is 0 Å². The quantitative estimate of drug-likeness (QED) is 0.0813. The number of phenols is 2. The van der Waals surface area contributed by atoms with Crippen LogP contribution < -0.4 is 9.47 Å². The van der Waals surface area contributed by atoms with E-state index in [0.717, 1.165) is 60.3 Å². The molecule has 10 aromatic rings. The Morgan fingerprint density at radius 2 is 0.734 bits per heavy atom. The molecule has 0 atom stereocenters. The Hall–Kier alpha value is -6.71. The molecule has 2 aromatic heterocycles. The van der Waals surface area contributed by atoms with Crippen LogP contribution in [0.1, 0.15) is 113 Å². The molecule has 2 N–H and O–H groups in total. The first-order valence-electron chi connectivity index (χ1n) is 26.5. The molecule has 9 heteroatoms. The maximum absolute atomic E-state index is 15.7. The Morgan fingerprint density at radius 1 is 0.405 bits per heavy atom. The summed E-state index contributed by atoms with van der Waals surface area (Å²) in [6, 6.07) is 39.6. The van der Waals surface area contributed by atoms with Crippen molar-refractivity contribution in [3.8, 4) is 56.6 Å². The molecule has 0 unspecified atom stereocenters. The summed E-state index contributed by atoms with van der Waals surface area (Å²) < 4.78 is 48.7. The Morgan fingerprint density at radius 3 is 1.08 bits per heavy atom. The number of halogens is 2. The molecule has 410 valence electrons. The third-order valence-electron chi connectivity index (χ3n) is 15.1. The van der Waals surface area contributed by atoms with E-state index in [1.807, 2.05) is 45.0 Å². The SMILES string of the molecule is Cc1cc(-c2cc(F)cc(C)c2OCCCOc2c(C)cc(F)cc2-c2cc(C)cc(-n3c4cc(C(C)(C)C)ccc4c4ccc(C(C)(C)C)cc43)c2O)c(O)c(-n2c3cc(C)ccc3c3ccc(C(C)(C)C)cc32)c1.[CH3-].[CH3-].[Hf]. The second kappa shape index (κ2) is 22.1. The van der Waals surface area contributed by atoms with Gasteiger partial charge in [0.2, 0.25) is 0 Å². The predicted octanol–water partition coefficient (Wildman–Crippen LogP) is 19.1. The van der Waals surface area contributed by atoms with E-state index in [2.05, 4.69) is 151 Å². The standard InChI is InChI=1S/C68H70F2N2O4.2CH3.Hf/c1-38-16-20-48-49-21-17-43(66(6,7)8)33-57(49)71(56(48)28-38)60-29-39(2)26-52(62(60)73)54-36-46(69)31-41(4)64(54)75-24-15-25-76-65-42(5)32-47(70)37-55(65)53-27-40(3)30-61(63(53)74)72-58-34-44(67(9,10)11)18-22-50(58)51-23-19-45(35-59(51)72)68(12,13)14;;;/h16-23,26-37,73-74H,15,24-25H2,1-14H3;2*1H3;/q;2*-1;.